The molecule has 0 aromatic carbocycles. The molecule has 1 aliphatic carbocycles. The molecule has 2 unspecified atom stereocenters. The maximum Gasteiger partial charge on any atom is 0.435 e. The van der Waals surface area contributed by atoms with Gasteiger partial charge in [0.2, 0.25) is 0 Å². The number of nitrogens with one attached hydrogen (secondary N) is 1. The first-order valence-electron chi connectivity index (χ1n) is 6.85. The highest BCUT2D eigenvalue weighted by atomic mass is 19.4. The third kappa shape index (κ3) is 3.82. The van der Waals surface area contributed by atoms with Crippen molar-refractivity contribution in [3.05, 3.63) is 17.8 Å². The average Bonchev–Trinajstić information content (AvgIpc) is 2.45. The summed E-state index contributed by atoms with van der Waals surface area (Å²) in [6, 6.07) is 2.26. The van der Waals surface area contributed by atoms with E-state index in [9.17, 15) is 13.2 Å². The van der Waals surface area contributed by atoms with Gasteiger partial charge < -0.3 is 11.1 Å². The van der Waals surface area contributed by atoms with Crippen molar-refractivity contribution in [1.82, 2.24) is 10.2 Å². The second-order valence-electron chi connectivity index (χ2n) is 5.22. The monoisotopic (exact) mass is 288 g/mol. The Kier molecular flexibility index (Phi) is 4.80. The zero-order valence-corrected chi connectivity index (χ0v) is 11.2. The Labute approximate surface area is 116 Å². The normalized spacial score (nSPS) is 23.6. The molecule has 1 aromatic rings. The van der Waals surface area contributed by atoms with E-state index < -0.39 is 11.9 Å². The lowest BCUT2D eigenvalue weighted by molar-refractivity contribution is -0.141. The fraction of sp³-hybridized carbons (Fsp3) is 0.692. The predicted octanol–water partition coefficient (Wildman–Crippen LogP) is 2.67. The van der Waals surface area contributed by atoms with Crippen LogP contribution in [-0.4, -0.2) is 23.3 Å². The fourth-order valence-corrected chi connectivity index (χ4v) is 2.68. The summed E-state index contributed by atoms with van der Waals surface area (Å²) in [7, 11) is 0. The molecule has 0 bridgehead atoms. The molecule has 1 saturated carbocycles. The lowest BCUT2D eigenvalue weighted by Crippen LogP contribution is -2.31. The van der Waals surface area contributed by atoms with Crippen molar-refractivity contribution >= 4 is 5.82 Å². The van der Waals surface area contributed by atoms with Crippen LogP contribution in [0.5, 0.6) is 0 Å². The van der Waals surface area contributed by atoms with Gasteiger partial charge in [0.15, 0.2) is 5.69 Å². The molecule has 1 aliphatic rings. The largest absolute Gasteiger partial charge is 0.435 e. The van der Waals surface area contributed by atoms with Gasteiger partial charge in [0.1, 0.15) is 5.82 Å². The zero-order chi connectivity index (χ0) is 14.6. The molecule has 0 aliphatic heterocycles. The fourth-order valence-electron chi connectivity index (χ4n) is 2.68. The molecule has 112 valence electrons. The average molecular weight is 288 g/mol. The number of nitrogens with two attached hydrogens (primary N) is 1. The van der Waals surface area contributed by atoms with Gasteiger partial charge in [0.25, 0.3) is 0 Å². The van der Waals surface area contributed by atoms with E-state index in [4.69, 9.17) is 5.73 Å². The zero-order valence-electron chi connectivity index (χ0n) is 11.2. The van der Waals surface area contributed by atoms with Crippen molar-refractivity contribution in [3.63, 3.8) is 0 Å². The van der Waals surface area contributed by atoms with Gasteiger partial charge in [-0.2, -0.15) is 13.2 Å². The molecule has 1 heterocycles. The van der Waals surface area contributed by atoms with E-state index in [0.717, 1.165) is 18.9 Å². The highest BCUT2D eigenvalue weighted by Gasteiger charge is 2.33. The van der Waals surface area contributed by atoms with Crippen LogP contribution >= 0.6 is 0 Å². The van der Waals surface area contributed by atoms with Crippen molar-refractivity contribution in [2.75, 3.05) is 18.4 Å². The number of hydrogen-bond donors (Lipinski definition) is 2. The molecule has 7 heteroatoms. The van der Waals surface area contributed by atoms with Crippen LogP contribution in [0.1, 0.15) is 31.4 Å². The molecule has 3 N–H and O–H groups in total. The van der Waals surface area contributed by atoms with E-state index in [1.807, 2.05) is 0 Å². The number of hydrogen-bond acceptors (Lipinski definition) is 4. The predicted molar refractivity (Wildman–Crippen MR) is 70.0 cm³/mol. The number of halogens is 3. The van der Waals surface area contributed by atoms with Gasteiger partial charge in [0.05, 0.1) is 0 Å². The molecule has 1 fully saturated rings. The van der Waals surface area contributed by atoms with E-state index in [1.54, 1.807) is 0 Å². The minimum atomic E-state index is -4.44. The Morgan fingerprint density at radius 2 is 1.85 bits per heavy atom. The van der Waals surface area contributed by atoms with Crippen LogP contribution in [0.3, 0.4) is 0 Å². The lowest BCUT2D eigenvalue weighted by Gasteiger charge is -2.30. The quantitative estimate of drug-likeness (QED) is 0.894. The van der Waals surface area contributed by atoms with E-state index >= 15 is 0 Å². The molecule has 2 atom stereocenters. The molecule has 20 heavy (non-hydrogen) atoms. The number of aromatic nitrogens is 2. The van der Waals surface area contributed by atoms with Crippen molar-refractivity contribution in [2.45, 2.75) is 31.9 Å². The summed E-state index contributed by atoms with van der Waals surface area (Å²) in [5.41, 5.74) is 4.78. The van der Waals surface area contributed by atoms with Crippen molar-refractivity contribution in [1.29, 1.82) is 0 Å². The molecular weight excluding hydrogens is 269 g/mol. The summed E-state index contributed by atoms with van der Waals surface area (Å²) in [6.45, 7) is 1.34. The molecule has 0 radical (unpaired) electrons. The molecule has 2 rings (SSSR count). The Balaban J connectivity index is 1.90. The van der Waals surface area contributed by atoms with Gasteiger partial charge in [-0.3, -0.25) is 0 Å². The number of rotatable bonds is 4. The third-order valence-electron chi connectivity index (χ3n) is 3.87. The van der Waals surface area contributed by atoms with Crippen LogP contribution in [0.25, 0.3) is 0 Å². The van der Waals surface area contributed by atoms with E-state index in [0.29, 0.717) is 30.7 Å². The van der Waals surface area contributed by atoms with Crippen molar-refractivity contribution in [3.8, 4) is 0 Å². The van der Waals surface area contributed by atoms with Crippen LogP contribution in [0.4, 0.5) is 19.0 Å². The van der Waals surface area contributed by atoms with Crippen LogP contribution in [-0.2, 0) is 6.18 Å². The van der Waals surface area contributed by atoms with Gasteiger partial charge in [0, 0.05) is 6.54 Å². The molecule has 0 spiro atoms. The summed E-state index contributed by atoms with van der Waals surface area (Å²) in [6.07, 6.45) is 0.171. The third-order valence-corrected chi connectivity index (χ3v) is 3.87. The molecule has 0 amide bonds. The standard InChI is InChI=1S/C13H19F3N4/c14-13(15,16)11-5-6-12(20-19-11)18-8-10-4-2-1-3-9(10)7-17/h5-6,9-10H,1-4,7-8,17H2,(H,18,20). The summed E-state index contributed by atoms with van der Waals surface area (Å²) in [5.74, 6) is 1.32. The summed E-state index contributed by atoms with van der Waals surface area (Å²) < 4.78 is 37.1. The van der Waals surface area contributed by atoms with Crippen molar-refractivity contribution < 1.29 is 13.2 Å². The Morgan fingerprint density at radius 3 is 2.40 bits per heavy atom. The van der Waals surface area contributed by atoms with E-state index in [-0.39, 0.29) is 0 Å². The highest BCUT2D eigenvalue weighted by molar-refractivity contribution is 5.33. The Morgan fingerprint density at radius 1 is 1.15 bits per heavy atom. The van der Waals surface area contributed by atoms with Gasteiger partial charge in [-0.1, -0.05) is 12.8 Å². The Hall–Kier alpha value is -1.37. The van der Waals surface area contributed by atoms with Gasteiger partial charge in [-0.25, -0.2) is 0 Å². The SMILES string of the molecule is NCC1CCCCC1CNc1ccc(C(F)(F)F)nn1. The first-order valence-corrected chi connectivity index (χ1v) is 6.85. The van der Waals surface area contributed by atoms with E-state index in [2.05, 4.69) is 15.5 Å². The smallest absolute Gasteiger partial charge is 0.368 e. The Bertz CT molecular complexity index is 419. The summed E-state index contributed by atoms with van der Waals surface area (Å²) in [4.78, 5) is 0. The second-order valence-corrected chi connectivity index (χ2v) is 5.22. The first kappa shape index (κ1) is 15.0. The van der Waals surface area contributed by atoms with Crippen LogP contribution in [0.15, 0.2) is 12.1 Å². The molecule has 4 nitrogen and oxygen atoms in total. The second kappa shape index (κ2) is 6.39. The van der Waals surface area contributed by atoms with Crippen molar-refractivity contribution in [2.24, 2.45) is 17.6 Å². The number of nitrogens with zero attached hydrogens (tertiary/aromatic N) is 2. The maximum absolute atomic E-state index is 12.4. The minimum Gasteiger partial charge on any atom is -0.368 e. The molecular formula is C13H19F3N4. The van der Waals surface area contributed by atoms with Gasteiger partial charge in [-0.15, -0.1) is 10.2 Å². The molecule has 1 aromatic heterocycles. The van der Waals surface area contributed by atoms with Crippen LogP contribution < -0.4 is 11.1 Å². The van der Waals surface area contributed by atoms with Gasteiger partial charge >= 0.3 is 6.18 Å². The topological polar surface area (TPSA) is 63.8 Å². The summed E-state index contributed by atoms with van der Waals surface area (Å²) >= 11 is 0. The molecule has 0 saturated heterocycles. The lowest BCUT2D eigenvalue weighted by atomic mass is 9.79. The number of anilines is 1. The van der Waals surface area contributed by atoms with Crippen LogP contribution in [0, 0.1) is 11.8 Å². The first-order chi connectivity index (χ1) is 9.50. The summed E-state index contributed by atoms with van der Waals surface area (Å²) in [5, 5.41) is 9.82. The maximum atomic E-state index is 12.4. The number of alkyl halides is 3. The highest BCUT2D eigenvalue weighted by Crippen LogP contribution is 2.30. The minimum absolute atomic E-state index is 0.374. The van der Waals surface area contributed by atoms with E-state index in [1.165, 1.54) is 18.9 Å². The van der Waals surface area contributed by atoms with Gasteiger partial charge in [-0.05, 0) is 43.4 Å². The van der Waals surface area contributed by atoms with Crippen LogP contribution in [0.2, 0.25) is 0 Å².